The van der Waals surface area contributed by atoms with Crippen molar-refractivity contribution in [3.63, 3.8) is 0 Å². The first kappa shape index (κ1) is 52.1. The molecule has 0 saturated carbocycles. The largest absolute Gasteiger partial charge is 0.448 e. The van der Waals surface area contributed by atoms with Crippen molar-refractivity contribution in [3.05, 3.63) is 220 Å². The first-order valence-electron chi connectivity index (χ1n) is 24.2. The van der Waals surface area contributed by atoms with Gasteiger partial charge in [-0.1, -0.05) is 169 Å². The Morgan fingerprint density at radius 2 is 1.40 bits per heavy atom. The fourth-order valence-electron chi connectivity index (χ4n) is 8.86. The molecule has 3 amide bonds. The summed E-state index contributed by atoms with van der Waals surface area (Å²) in [6, 6.07) is 47.6. The molecular formula is C57H54N8O7S3. The lowest BCUT2D eigenvalue weighted by Crippen LogP contribution is -2.72. The molecule has 15 nitrogen and oxygen atoms in total. The van der Waals surface area contributed by atoms with Gasteiger partial charge in [-0.25, -0.2) is 9.59 Å². The summed E-state index contributed by atoms with van der Waals surface area (Å²) >= 11 is 3.87. The number of allylic oxidation sites excluding steroid dienone is 1. The normalized spacial score (nSPS) is 15.7. The van der Waals surface area contributed by atoms with Crippen LogP contribution in [0.25, 0.3) is 0 Å². The predicted octanol–water partition coefficient (Wildman–Crippen LogP) is 9.81. The molecule has 2 aliphatic heterocycles. The number of nitrogens with one attached hydrogen (secondary N) is 2. The molecule has 0 spiro atoms. The van der Waals surface area contributed by atoms with Crippen LogP contribution in [0, 0.1) is 0 Å². The van der Waals surface area contributed by atoms with E-state index in [2.05, 4.69) is 30.1 Å². The van der Waals surface area contributed by atoms with Gasteiger partial charge in [-0.3, -0.25) is 19.5 Å². The minimum atomic E-state index is -1.36. The first-order chi connectivity index (χ1) is 36.4. The van der Waals surface area contributed by atoms with E-state index in [1.54, 1.807) is 24.2 Å². The average molecular weight is 1060 g/mol. The molecule has 2 aromatic heterocycles. The zero-order valence-electron chi connectivity index (χ0n) is 41.3. The summed E-state index contributed by atoms with van der Waals surface area (Å²) in [5.74, 6) is -0.932. The van der Waals surface area contributed by atoms with E-state index in [1.807, 2.05) is 178 Å². The third-order valence-electron chi connectivity index (χ3n) is 12.2. The molecular weight excluding hydrogens is 1000 g/mol. The topological polar surface area (TPSA) is 200 Å². The number of fused-ring (bicyclic) bond motifs is 1. The van der Waals surface area contributed by atoms with Crippen LogP contribution in [0.15, 0.2) is 191 Å². The summed E-state index contributed by atoms with van der Waals surface area (Å²) in [6.07, 6.45) is 2.94. The van der Waals surface area contributed by atoms with E-state index < -0.39 is 53.3 Å². The zero-order chi connectivity index (χ0) is 52.4. The second kappa shape index (κ2) is 23.6. The van der Waals surface area contributed by atoms with Crippen LogP contribution < -0.4 is 16.4 Å². The van der Waals surface area contributed by atoms with Crippen LogP contribution in [-0.4, -0.2) is 78.8 Å². The van der Waals surface area contributed by atoms with Crippen LogP contribution >= 0.6 is 35.1 Å². The molecule has 18 heteroatoms. The average Bonchev–Trinajstić information content (AvgIpc) is 3.89. The molecule has 4 heterocycles. The van der Waals surface area contributed by atoms with Gasteiger partial charge in [-0.15, -0.1) is 0 Å². The van der Waals surface area contributed by atoms with Crippen molar-refractivity contribution in [3.8, 4) is 0 Å². The summed E-state index contributed by atoms with van der Waals surface area (Å²) in [4.78, 5) is 75.2. The van der Waals surface area contributed by atoms with E-state index >= 15 is 4.79 Å². The lowest BCUT2D eigenvalue weighted by atomic mass is 9.80. The number of esters is 1. The summed E-state index contributed by atoms with van der Waals surface area (Å²) < 4.78 is 16.2. The number of nitrogen functional groups attached to an aromatic ring is 1. The van der Waals surface area contributed by atoms with E-state index in [4.69, 9.17) is 20.0 Å². The van der Waals surface area contributed by atoms with Gasteiger partial charge in [0.25, 0.3) is 11.8 Å². The molecule has 75 heavy (non-hydrogen) atoms. The molecule has 382 valence electrons. The summed E-state index contributed by atoms with van der Waals surface area (Å²) in [5, 5.41) is 10.4. The monoisotopic (exact) mass is 1060 g/mol. The highest BCUT2D eigenvalue weighted by molar-refractivity contribution is 8.03. The van der Waals surface area contributed by atoms with Gasteiger partial charge in [0.1, 0.15) is 17.3 Å². The third-order valence-corrected chi connectivity index (χ3v) is 15.1. The Labute approximate surface area is 447 Å². The van der Waals surface area contributed by atoms with Gasteiger partial charge in [0, 0.05) is 68.5 Å². The summed E-state index contributed by atoms with van der Waals surface area (Å²) in [6.45, 7) is 5.83. The number of alkyl carbamates (subject to hydrolysis) is 1. The van der Waals surface area contributed by atoms with E-state index in [1.165, 1.54) is 16.7 Å². The zero-order valence-corrected chi connectivity index (χ0v) is 43.8. The van der Waals surface area contributed by atoms with Gasteiger partial charge in [0.2, 0.25) is 17.1 Å². The number of amides is 3. The number of β-lactam (4-membered cyclic amide) rings is 1. The minimum Gasteiger partial charge on any atom is -0.448 e. The summed E-state index contributed by atoms with van der Waals surface area (Å²) in [5.41, 5.74) is 8.50. The number of carbonyl (C=O) groups is 4. The highest BCUT2D eigenvalue weighted by Gasteiger charge is 2.54. The highest BCUT2D eigenvalue weighted by Crippen LogP contribution is 2.46. The maximum absolute atomic E-state index is 15.0. The Morgan fingerprint density at radius 3 is 1.95 bits per heavy atom. The van der Waals surface area contributed by atoms with Crippen molar-refractivity contribution in [1.29, 1.82) is 0 Å². The van der Waals surface area contributed by atoms with Crippen molar-refractivity contribution < 1.29 is 33.5 Å². The molecule has 7 aromatic rings. The number of benzene rings is 5. The SMILES string of the molecule is CC(C)(C)OC(=O)NCCSCc1cnccc1SC1=C(C(=O)OC(c2ccccc2)c2ccccc2)N2C(=O)[C@@H](NC(=O)/C(=N\OC(c3ccccc3)(c3ccccc3)c3ccccc3)c3nsc(N)n3)[C@H]2CC1. The molecule has 4 N–H and O–H groups in total. The number of anilines is 1. The molecule has 2 aliphatic rings. The number of nitrogens with two attached hydrogens (primary N) is 1. The molecule has 5 aromatic carbocycles. The molecule has 2 atom stereocenters. The highest BCUT2D eigenvalue weighted by atomic mass is 32.2. The Morgan fingerprint density at radius 1 is 0.827 bits per heavy atom. The second-order valence-electron chi connectivity index (χ2n) is 18.5. The van der Waals surface area contributed by atoms with E-state index in [9.17, 15) is 14.4 Å². The number of ether oxygens (including phenoxy) is 2. The number of hydrogen-bond donors (Lipinski definition) is 3. The number of hydrogen-bond acceptors (Lipinski definition) is 15. The van der Waals surface area contributed by atoms with Crippen LogP contribution in [-0.2, 0) is 40.0 Å². The van der Waals surface area contributed by atoms with Gasteiger partial charge in [-0.2, -0.15) is 21.1 Å². The van der Waals surface area contributed by atoms with E-state index in [-0.39, 0.29) is 22.4 Å². The maximum atomic E-state index is 15.0. The Balaban J connectivity index is 1.02. The number of nitrogens with zero attached hydrogens (tertiary/aromatic N) is 5. The van der Waals surface area contributed by atoms with Crippen LogP contribution in [0.4, 0.5) is 9.93 Å². The van der Waals surface area contributed by atoms with E-state index in [0.29, 0.717) is 35.8 Å². The fraction of sp³-hybridized carbons (Fsp3) is 0.228. The van der Waals surface area contributed by atoms with Crippen LogP contribution in [0.3, 0.4) is 0 Å². The van der Waals surface area contributed by atoms with Gasteiger partial charge < -0.3 is 30.7 Å². The van der Waals surface area contributed by atoms with Crippen LogP contribution in [0.1, 0.15) is 78.9 Å². The molecule has 0 radical (unpaired) electrons. The van der Waals surface area contributed by atoms with Crippen molar-refractivity contribution >= 4 is 69.8 Å². The van der Waals surface area contributed by atoms with Gasteiger partial charge in [0.05, 0.1) is 6.04 Å². The van der Waals surface area contributed by atoms with Crippen molar-refractivity contribution in [2.45, 2.75) is 73.7 Å². The number of rotatable bonds is 19. The smallest absolute Gasteiger partial charge is 0.407 e. The van der Waals surface area contributed by atoms with Gasteiger partial charge >= 0.3 is 12.1 Å². The number of pyridine rings is 1. The summed E-state index contributed by atoms with van der Waals surface area (Å²) in [7, 11) is 0. The van der Waals surface area contributed by atoms with Crippen LogP contribution in [0.2, 0.25) is 0 Å². The van der Waals surface area contributed by atoms with Crippen molar-refractivity contribution in [2.24, 2.45) is 5.16 Å². The molecule has 1 fully saturated rings. The third kappa shape index (κ3) is 12.1. The predicted molar refractivity (Wildman–Crippen MR) is 291 cm³/mol. The number of aromatic nitrogens is 3. The number of oxime groups is 1. The lowest BCUT2D eigenvalue weighted by molar-refractivity contribution is -0.158. The van der Waals surface area contributed by atoms with Gasteiger partial charge in [-0.05, 0) is 56.4 Å². The quantitative estimate of drug-likeness (QED) is 0.0173. The molecule has 0 unspecified atom stereocenters. The first-order valence-corrected chi connectivity index (χ1v) is 27.0. The van der Waals surface area contributed by atoms with Crippen LogP contribution in [0.5, 0.6) is 0 Å². The number of thioether (sulfide) groups is 2. The maximum Gasteiger partial charge on any atom is 0.407 e. The van der Waals surface area contributed by atoms with Crippen molar-refractivity contribution in [1.82, 2.24) is 29.9 Å². The minimum absolute atomic E-state index is 0.0881. The Bertz CT molecular complexity index is 3040. The fourth-order valence-corrected chi connectivity index (χ4v) is 11.4. The molecule has 0 aliphatic carbocycles. The lowest BCUT2D eigenvalue weighted by Gasteiger charge is -2.50. The Hall–Kier alpha value is -7.80. The van der Waals surface area contributed by atoms with Gasteiger partial charge in [0.15, 0.2) is 11.2 Å². The molecule has 9 rings (SSSR count). The Kier molecular flexibility index (Phi) is 16.4. The molecule has 1 saturated heterocycles. The standard InChI is InChI=1S/C57H54N8O7S3/c1-56(2,3)71-55(69)60-33-34-73-36-39-35-59-32-31-44(39)74-45-30-29-43-46(52(67)65(43)48(45)53(68)70-49(37-19-9-4-10-20-37)38-21-11-5-12-22-38)61-51(66)47(50-62-54(58)75-64-50)63-72-57(40-23-13-6-14-24-40,41-25-15-7-16-26-41)42-27-17-8-18-28-42/h4-28,31-32,35,43,46,49H,29-30,33-34,36H2,1-3H3,(H,60,69)(H,61,66)(H2,58,62,64)/b63-47-/t43-,46+/m1/s1. The molecule has 0 bridgehead atoms. The van der Waals surface area contributed by atoms with E-state index in [0.717, 1.165) is 49.8 Å². The second-order valence-corrected chi connectivity index (χ2v) is 21.5. The van der Waals surface area contributed by atoms with Crippen molar-refractivity contribution in [2.75, 3.05) is 18.0 Å². The number of carbonyl (C=O) groups excluding carboxylic acids is 4.